The van der Waals surface area contributed by atoms with E-state index in [-0.39, 0.29) is 19.1 Å². The number of fused-ring (bicyclic) bond motifs is 2. The number of hydrogen-bond donors (Lipinski definition) is 1. The number of aryl methyl sites for hydroxylation is 1. The summed E-state index contributed by atoms with van der Waals surface area (Å²) in [7, 11) is 0. The lowest BCUT2D eigenvalue weighted by Crippen LogP contribution is -2.44. The van der Waals surface area contributed by atoms with Crippen LogP contribution in [0.3, 0.4) is 0 Å². The molecule has 4 rings (SSSR count). The van der Waals surface area contributed by atoms with E-state index in [1.807, 2.05) is 5.38 Å². The smallest absolute Gasteiger partial charge is 0.339 e. The van der Waals surface area contributed by atoms with Crippen LogP contribution < -0.4 is 10.2 Å². The summed E-state index contributed by atoms with van der Waals surface area (Å²) < 4.78 is 5.26. The molecule has 134 valence electrons. The maximum Gasteiger partial charge on any atom is 0.339 e. The monoisotopic (exact) mass is 370 g/mol. The molecule has 0 spiro atoms. The van der Waals surface area contributed by atoms with Crippen LogP contribution >= 0.6 is 11.3 Å². The van der Waals surface area contributed by atoms with E-state index in [4.69, 9.17) is 4.74 Å². The highest BCUT2D eigenvalue weighted by Gasteiger charge is 2.28. The number of anilines is 2. The van der Waals surface area contributed by atoms with Crippen LogP contribution in [0, 0.1) is 0 Å². The number of benzene rings is 1. The zero-order valence-electron chi connectivity index (χ0n) is 14.1. The minimum absolute atomic E-state index is 0.0821. The van der Waals surface area contributed by atoms with Crippen molar-refractivity contribution >= 4 is 40.5 Å². The van der Waals surface area contributed by atoms with Crippen molar-refractivity contribution in [2.24, 2.45) is 0 Å². The van der Waals surface area contributed by atoms with Gasteiger partial charge in [-0.05, 0) is 43.4 Å². The molecule has 1 aliphatic heterocycles. The van der Waals surface area contributed by atoms with Crippen molar-refractivity contribution in [3.05, 3.63) is 45.6 Å². The van der Waals surface area contributed by atoms with E-state index >= 15 is 0 Å². The Morgan fingerprint density at radius 2 is 2.00 bits per heavy atom. The summed E-state index contributed by atoms with van der Waals surface area (Å²) in [5, 5.41) is 4.55. The van der Waals surface area contributed by atoms with Gasteiger partial charge in [0.05, 0.1) is 16.9 Å². The Labute approximate surface area is 154 Å². The van der Waals surface area contributed by atoms with Gasteiger partial charge < -0.3 is 10.1 Å². The number of carbonyl (C=O) groups excluding carboxylic acids is 3. The summed E-state index contributed by atoms with van der Waals surface area (Å²) in [5.41, 5.74) is 2.84. The molecule has 6 nitrogen and oxygen atoms in total. The fourth-order valence-electron chi connectivity index (χ4n) is 3.40. The lowest BCUT2D eigenvalue weighted by molar-refractivity contribution is -0.124. The van der Waals surface area contributed by atoms with Crippen LogP contribution in [-0.2, 0) is 27.2 Å². The third-order valence-electron chi connectivity index (χ3n) is 4.68. The fraction of sp³-hybridized carbons (Fsp3) is 0.316. The normalized spacial score (nSPS) is 15.7. The lowest BCUT2D eigenvalue weighted by Gasteiger charge is -2.28. The number of hydrogen-bond acceptors (Lipinski definition) is 5. The van der Waals surface area contributed by atoms with Gasteiger partial charge in [0.1, 0.15) is 6.54 Å². The molecule has 2 amide bonds. The second kappa shape index (κ2) is 6.92. The first-order valence-electron chi connectivity index (χ1n) is 8.59. The number of nitrogens with one attached hydrogen (secondary N) is 1. The topological polar surface area (TPSA) is 75.7 Å². The molecule has 0 saturated heterocycles. The largest absolute Gasteiger partial charge is 0.452 e. The number of rotatable bonds is 3. The van der Waals surface area contributed by atoms with Crippen LogP contribution in [0.15, 0.2) is 29.6 Å². The van der Waals surface area contributed by atoms with E-state index in [0.29, 0.717) is 16.9 Å². The second-order valence-electron chi connectivity index (χ2n) is 6.38. The molecule has 1 N–H and O–H groups in total. The van der Waals surface area contributed by atoms with E-state index in [1.165, 1.54) is 9.78 Å². The summed E-state index contributed by atoms with van der Waals surface area (Å²) in [6.45, 7) is -0.466. The van der Waals surface area contributed by atoms with Crippen LogP contribution in [0.5, 0.6) is 0 Å². The van der Waals surface area contributed by atoms with Gasteiger partial charge in [0.2, 0.25) is 5.91 Å². The summed E-state index contributed by atoms with van der Waals surface area (Å²) in [4.78, 5) is 39.4. The highest BCUT2D eigenvalue weighted by atomic mass is 32.1. The molecule has 0 bridgehead atoms. The van der Waals surface area contributed by atoms with Gasteiger partial charge in [-0.3, -0.25) is 14.5 Å². The standard InChI is InChI=1S/C19H18N2O4S/c22-17-9-21(15-7-3-2-6-14(15)20-17)18(23)10-25-19(24)13-11-26-16-8-4-1-5-12(13)16/h2-3,6-7,11H,1,4-5,8-10H2,(H,20,22). The number of carbonyl (C=O) groups is 3. The molecular formula is C19H18N2O4S. The predicted octanol–water partition coefficient (Wildman–Crippen LogP) is 2.77. The number of amides is 2. The molecule has 1 aromatic heterocycles. The van der Waals surface area contributed by atoms with E-state index in [1.54, 1.807) is 35.6 Å². The average molecular weight is 370 g/mol. The molecule has 0 unspecified atom stereocenters. The number of ether oxygens (including phenoxy) is 1. The Morgan fingerprint density at radius 3 is 2.88 bits per heavy atom. The summed E-state index contributed by atoms with van der Waals surface area (Å²) in [5.74, 6) is -1.15. The third-order valence-corrected chi connectivity index (χ3v) is 5.77. The van der Waals surface area contributed by atoms with Crippen LogP contribution in [0.1, 0.15) is 33.6 Å². The Hall–Kier alpha value is -2.67. The van der Waals surface area contributed by atoms with Gasteiger partial charge in [-0.1, -0.05) is 12.1 Å². The Kier molecular flexibility index (Phi) is 4.46. The van der Waals surface area contributed by atoms with Crippen LogP contribution in [0.25, 0.3) is 0 Å². The van der Waals surface area contributed by atoms with Gasteiger partial charge in [-0.2, -0.15) is 0 Å². The molecule has 7 heteroatoms. The first-order valence-corrected chi connectivity index (χ1v) is 9.47. The molecule has 0 fully saturated rings. The number of nitrogens with zero attached hydrogens (tertiary/aromatic N) is 1. The molecule has 0 radical (unpaired) electrons. The van der Waals surface area contributed by atoms with E-state index in [2.05, 4.69) is 5.32 Å². The molecule has 2 aromatic rings. The van der Waals surface area contributed by atoms with Crippen molar-refractivity contribution < 1.29 is 19.1 Å². The third kappa shape index (κ3) is 3.10. The maximum atomic E-state index is 12.5. The Balaban J connectivity index is 1.45. The SMILES string of the molecule is O=C1CN(C(=O)COC(=O)c2csc3c2CCCC3)c2ccccc2N1. The van der Waals surface area contributed by atoms with Crippen molar-refractivity contribution in [2.75, 3.05) is 23.4 Å². The summed E-state index contributed by atoms with van der Waals surface area (Å²) in [6, 6.07) is 7.06. The molecule has 1 aromatic carbocycles. The van der Waals surface area contributed by atoms with Crippen molar-refractivity contribution in [3.8, 4) is 0 Å². The summed E-state index contributed by atoms with van der Waals surface area (Å²) in [6.07, 6.45) is 4.11. The molecule has 2 aliphatic rings. The molecule has 0 saturated carbocycles. The van der Waals surface area contributed by atoms with Crippen LogP contribution in [0.4, 0.5) is 11.4 Å². The van der Waals surface area contributed by atoms with Gasteiger partial charge in [0, 0.05) is 10.3 Å². The van der Waals surface area contributed by atoms with E-state index < -0.39 is 11.9 Å². The first kappa shape index (κ1) is 16.8. The van der Waals surface area contributed by atoms with Crippen molar-refractivity contribution in [3.63, 3.8) is 0 Å². The zero-order valence-corrected chi connectivity index (χ0v) is 14.9. The molecule has 26 heavy (non-hydrogen) atoms. The molecule has 2 heterocycles. The van der Waals surface area contributed by atoms with Crippen LogP contribution in [0.2, 0.25) is 0 Å². The zero-order chi connectivity index (χ0) is 18.1. The number of para-hydroxylation sites is 2. The highest BCUT2D eigenvalue weighted by molar-refractivity contribution is 7.10. The maximum absolute atomic E-state index is 12.5. The minimum atomic E-state index is -0.465. The summed E-state index contributed by atoms with van der Waals surface area (Å²) >= 11 is 1.58. The molecular weight excluding hydrogens is 352 g/mol. The number of esters is 1. The van der Waals surface area contributed by atoms with Gasteiger partial charge in [0.15, 0.2) is 6.61 Å². The van der Waals surface area contributed by atoms with Gasteiger partial charge in [0.25, 0.3) is 5.91 Å². The van der Waals surface area contributed by atoms with E-state index in [0.717, 1.165) is 31.2 Å². The van der Waals surface area contributed by atoms with Gasteiger partial charge in [-0.25, -0.2) is 4.79 Å². The molecule has 0 atom stereocenters. The van der Waals surface area contributed by atoms with Crippen LogP contribution in [-0.4, -0.2) is 30.9 Å². The second-order valence-corrected chi connectivity index (χ2v) is 7.34. The number of thiophene rings is 1. The quantitative estimate of drug-likeness (QED) is 0.843. The van der Waals surface area contributed by atoms with Gasteiger partial charge >= 0.3 is 5.97 Å². The van der Waals surface area contributed by atoms with Gasteiger partial charge in [-0.15, -0.1) is 11.3 Å². The first-order chi connectivity index (χ1) is 12.6. The lowest BCUT2D eigenvalue weighted by atomic mass is 9.96. The predicted molar refractivity (Wildman–Crippen MR) is 98.7 cm³/mol. The average Bonchev–Trinajstić information content (AvgIpc) is 3.09. The highest BCUT2D eigenvalue weighted by Crippen LogP contribution is 2.31. The fourth-order valence-corrected chi connectivity index (χ4v) is 4.52. The minimum Gasteiger partial charge on any atom is -0.452 e. The van der Waals surface area contributed by atoms with Crippen molar-refractivity contribution in [1.82, 2.24) is 0 Å². The van der Waals surface area contributed by atoms with Crippen molar-refractivity contribution in [2.45, 2.75) is 25.7 Å². The van der Waals surface area contributed by atoms with E-state index in [9.17, 15) is 14.4 Å². The molecule has 1 aliphatic carbocycles. The Bertz CT molecular complexity index is 889. The van der Waals surface area contributed by atoms with Crippen molar-refractivity contribution in [1.29, 1.82) is 0 Å². The Morgan fingerprint density at radius 1 is 1.19 bits per heavy atom.